The number of hydrogen-bond acceptors (Lipinski definition) is 3. The first kappa shape index (κ1) is 16.8. The number of benzene rings is 1. The SMILES string of the molecule is O=C(NC[C@H]1CCCN1)[C@@H](O)Cc1cccc(C(F)(F)F)c1. The van der Waals surface area contributed by atoms with E-state index in [2.05, 4.69) is 10.6 Å². The maximum absolute atomic E-state index is 12.6. The number of rotatable bonds is 5. The van der Waals surface area contributed by atoms with Crippen LogP contribution in [0.1, 0.15) is 24.0 Å². The van der Waals surface area contributed by atoms with Crippen LogP contribution < -0.4 is 10.6 Å². The lowest BCUT2D eigenvalue weighted by Crippen LogP contribution is -2.42. The standard InChI is InChI=1S/C15H19F3N2O2/c16-15(17,18)11-4-1-3-10(7-11)8-13(21)14(22)20-9-12-5-2-6-19-12/h1,3-4,7,12-13,19,21H,2,5-6,8-9H2,(H,20,22)/t12-,13+/m1/s1. The summed E-state index contributed by atoms with van der Waals surface area (Å²) in [6, 6.07) is 4.84. The fraction of sp³-hybridized carbons (Fsp3) is 0.533. The normalized spacial score (nSPS) is 19.9. The van der Waals surface area contributed by atoms with Crippen molar-refractivity contribution in [2.75, 3.05) is 13.1 Å². The third kappa shape index (κ3) is 4.71. The average Bonchev–Trinajstić information content (AvgIpc) is 2.97. The van der Waals surface area contributed by atoms with Gasteiger partial charge in [-0.15, -0.1) is 0 Å². The lowest BCUT2D eigenvalue weighted by molar-refractivity contribution is -0.137. The molecule has 2 atom stereocenters. The Balaban J connectivity index is 1.87. The van der Waals surface area contributed by atoms with Crippen LogP contribution in [0.15, 0.2) is 24.3 Å². The number of carbonyl (C=O) groups is 1. The van der Waals surface area contributed by atoms with E-state index in [1.165, 1.54) is 12.1 Å². The molecule has 0 aliphatic carbocycles. The Morgan fingerprint density at radius 2 is 2.23 bits per heavy atom. The molecule has 0 radical (unpaired) electrons. The summed E-state index contributed by atoms with van der Waals surface area (Å²) >= 11 is 0. The predicted molar refractivity (Wildman–Crippen MR) is 75.2 cm³/mol. The summed E-state index contributed by atoms with van der Waals surface area (Å²) in [5.74, 6) is -0.564. The van der Waals surface area contributed by atoms with Crippen molar-refractivity contribution in [2.24, 2.45) is 0 Å². The fourth-order valence-corrected chi connectivity index (χ4v) is 2.46. The largest absolute Gasteiger partial charge is 0.416 e. The second-order valence-electron chi connectivity index (χ2n) is 5.46. The Kier molecular flexibility index (Phi) is 5.42. The summed E-state index contributed by atoms with van der Waals surface area (Å²) < 4.78 is 37.8. The Hall–Kier alpha value is -1.60. The lowest BCUT2D eigenvalue weighted by Gasteiger charge is -2.15. The predicted octanol–water partition coefficient (Wildman–Crippen LogP) is 1.48. The van der Waals surface area contributed by atoms with E-state index >= 15 is 0 Å². The highest BCUT2D eigenvalue weighted by atomic mass is 19.4. The van der Waals surface area contributed by atoms with E-state index in [4.69, 9.17) is 0 Å². The van der Waals surface area contributed by atoms with Crippen molar-refractivity contribution in [3.8, 4) is 0 Å². The highest BCUT2D eigenvalue weighted by molar-refractivity contribution is 5.80. The molecule has 1 aliphatic rings. The molecule has 1 aromatic carbocycles. The molecule has 7 heteroatoms. The third-order valence-electron chi connectivity index (χ3n) is 3.67. The first-order chi connectivity index (χ1) is 10.4. The van der Waals surface area contributed by atoms with Crippen molar-refractivity contribution in [3.05, 3.63) is 35.4 Å². The summed E-state index contributed by atoms with van der Waals surface area (Å²) in [6.07, 6.45) is -3.92. The topological polar surface area (TPSA) is 61.4 Å². The number of halogens is 3. The van der Waals surface area contributed by atoms with Gasteiger partial charge in [0.25, 0.3) is 0 Å². The Morgan fingerprint density at radius 1 is 1.45 bits per heavy atom. The first-order valence-corrected chi connectivity index (χ1v) is 7.21. The van der Waals surface area contributed by atoms with Gasteiger partial charge in [-0.3, -0.25) is 4.79 Å². The fourth-order valence-electron chi connectivity index (χ4n) is 2.46. The maximum Gasteiger partial charge on any atom is 0.416 e. The molecule has 0 bridgehead atoms. The van der Waals surface area contributed by atoms with Crippen LogP contribution in [-0.2, 0) is 17.4 Å². The van der Waals surface area contributed by atoms with Gasteiger partial charge in [0.1, 0.15) is 6.10 Å². The highest BCUT2D eigenvalue weighted by Gasteiger charge is 2.30. The van der Waals surface area contributed by atoms with Crippen LogP contribution in [0, 0.1) is 0 Å². The van der Waals surface area contributed by atoms with Crippen LogP contribution in [0.2, 0.25) is 0 Å². The summed E-state index contributed by atoms with van der Waals surface area (Å²) in [5, 5.41) is 15.6. The number of nitrogens with one attached hydrogen (secondary N) is 2. The average molecular weight is 316 g/mol. The van der Waals surface area contributed by atoms with Gasteiger partial charge in [-0.25, -0.2) is 0 Å². The van der Waals surface area contributed by atoms with Gasteiger partial charge >= 0.3 is 6.18 Å². The minimum absolute atomic E-state index is 0.145. The molecular weight excluding hydrogens is 297 g/mol. The number of aliphatic hydroxyl groups excluding tert-OH is 1. The van der Waals surface area contributed by atoms with Gasteiger partial charge in [-0.2, -0.15) is 13.2 Å². The molecule has 3 N–H and O–H groups in total. The molecule has 1 fully saturated rings. The van der Waals surface area contributed by atoms with E-state index in [0.29, 0.717) is 6.54 Å². The van der Waals surface area contributed by atoms with Crippen LogP contribution in [0.4, 0.5) is 13.2 Å². The van der Waals surface area contributed by atoms with E-state index in [1.807, 2.05) is 0 Å². The molecule has 0 unspecified atom stereocenters. The molecule has 2 rings (SSSR count). The molecule has 22 heavy (non-hydrogen) atoms. The van der Waals surface area contributed by atoms with Gasteiger partial charge in [-0.1, -0.05) is 18.2 Å². The van der Waals surface area contributed by atoms with E-state index in [-0.39, 0.29) is 18.0 Å². The Bertz CT molecular complexity index is 514. The van der Waals surface area contributed by atoms with Crippen molar-refractivity contribution >= 4 is 5.91 Å². The van der Waals surface area contributed by atoms with Crippen LogP contribution in [-0.4, -0.2) is 36.2 Å². The van der Waals surface area contributed by atoms with Crippen molar-refractivity contribution in [1.29, 1.82) is 0 Å². The van der Waals surface area contributed by atoms with Gasteiger partial charge in [0.15, 0.2) is 0 Å². The molecule has 0 spiro atoms. The smallest absolute Gasteiger partial charge is 0.383 e. The Labute approximate surface area is 126 Å². The molecule has 1 heterocycles. The zero-order chi connectivity index (χ0) is 16.2. The van der Waals surface area contributed by atoms with E-state index in [9.17, 15) is 23.1 Å². The number of alkyl halides is 3. The zero-order valence-electron chi connectivity index (χ0n) is 12.0. The Morgan fingerprint density at radius 3 is 2.86 bits per heavy atom. The number of amides is 1. The maximum atomic E-state index is 12.6. The van der Waals surface area contributed by atoms with Gasteiger partial charge in [-0.05, 0) is 31.0 Å². The molecule has 1 amide bonds. The minimum atomic E-state index is -4.43. The summed E-state index contributed by atoms with van der Waals surface area (Å²) in [6.45, 7) is 1.33. The zero-order valence-corrected chi connectivity index (χ0v) is 12.0. The van der Waals surface area contributed by atoms with E-state index in [0.717, 1.165) is 31.5 Å². The summed E-state index contributed by atoms with van der Waals surface area (Å²) in [5.41, 5.74) is -0.510. The van der Waals surface area contributed by atoms with Crippen molar-refractivity contribution in [2.45, 2.75) is 37.6 Å². The van der Waals surface area contributed by atoms with E-state index in [1.54, 1.807) is 0 Å². The molecule has 0 saturated carbocycles. The lowest BCUT2D eigenvalue weighted by atomic mass is 10.0. The van der Waals surface area contributed by atoms with Gasteiger partial charge in [0.05, 0.1) is 5.56 Å². The second-order valence-corrected chi connectivity index (χ2v) is 5.46. The van der Waals surface area contributed by atoms with Crippen LogP contribution in [0.25, 0.3) is 0 Å². The molecule has 4 nitrogen and oxygen atoms in total. The van der Waals surface area contributed by atoms with Crippen LogP contribution >= 0.6 is 0 Å². The van der Waals surface area contributed by atoms with Gasteiger partial charge < -0.3 is 15.7 Å². The van der Waals surface area contributed by atoms with Crippen molar-refractivity contribution < 1.29 is 23.1 Å². The first-order valence-electron chi connectivity index (χ1n) is 7.21. The quantitative estimate of drug-likeness (QED) is 0.771. The highest BCUT2D eigenvalue weighted by Crippen LogP contribution is 2.29. The number of aliphatic hydroxyl groups is 1. The molecular formula is C15H19F3N2O2. The molecule has 122 valence electrons. The number of hydrogen-bond donors (Lipinski definition) is 3. The van der Waals surface area contributed by atoms with Crippen LogP contribution in [0.3, 0.4) is 0 Å². The number of carbonyl (C=O) groups excluding carboxylic acids is 1. The van der Waals surface area contributed by atoms with Gasteiger partial charge in [0, 0.05) is 19.0 Å². The van der Waals surface area contributed by atoms with Crippen molar-refractivity contribution in [1.82, 2.24) is 10.6 Å². The third-order valence-corrected chi connectivity index (χ3v) is 3.67. The second kappa shape index (κ2) is 7.11. The van der Waals surface area contributed by atoms with Crippen LogP contribution in [0.5, 0.6) is 0 Å². The molecule has 0 aromatic heterocycles. The van der Waals surface area contributed by atoms with E-state index < -0.39 is 23.8 Å². The minimum Gasteiger partial charge on any atom is -0.383 e. The van der Waals surface area contributed by atoms with Gasteiger partial charge in [0.2, 0.25) is 5.91 Å². The van der Waals surface area contributed by atoms with Crippen molar-refractivity contribution in [3.63, 3.8) is 0 Å². The molecule has 1 aliphatic heterocycles. The molecule has 1 aromatic rings. The summed E-state index contributed by atoms with van der Waals surface area (Å²) in [4.78, 5) is 11.8. The molecule has 1 saturated heterocycles. The monoisotopic (exact) mass is 316 g/mol. The summed E-state index contributed by atoms with van der Waals surface area (Å²) in [7, 11) is 0.